The van der Waals surface area contributed by atoms with Crippen molar-refractivity contribution >= 4 is 33.1 Å². The number of hydrogen-bond acceptors (Lipinski definition) is 3. The molecule has 135 valence electrons. The van der Waals surface area contributed by atoms with Gasteiger partial charge in [0, 0.05) is 43.6 Å². The van der Waals surface area contributed by atoms with Crippen molar-refractivity contribution < 1.29 is 30.0 Å². The van der Waals surface area contributed by atoms with Crippen LogP contribution >= 0.6 is 0 Å². The van der Waals surface area contributed by atoms with Crippen LogP contribution in [0.1, 0.15) is 19.5 Å². The minimum absolute atomic E-state index is 0. The first-order chi connectivity index (χ1) is 12.0. The van der Waals surface area contributed by atoms with E-state index in [9.17, 15) is 4.79 Å². The van der Waals surface area contributed by atoms with Crippen molar-refractivity contribution in [1.29, 1.82) is 0 Å². The zero-order chi connectivity index (χ0) is 18.0. The van der Waals surface area contributed by atoms with Crippen LogP contribution < -0.4 is 0 Å². The minimum atomic E-state index is -0.125. The molecule has 2 heterocycles. The molecule has 0 amide bonds. The van der Waals surface area contributed by atoms with Crippen LogP contribution in [0.2, 0.25) is 0 Å². The normalized spacial score (nSPS) is 11.1. The summed E-state index contributed by atoms with van der Waals surface area (Å²) >= 11 is 0. The van der Waals surface area contributed by atoms with Gasteiger partial charge in [-0.2, -0.15) is 0 Å². The van der Waals surface area contributed by atoms with E-state index in [0.29, 0.717) is 0 Å². The maximum Gasteiger partial charge on any atom is 0.155 e. The van der Waals surface area contributed by atoms with E-state index in [1.807, 2.05) is 19.1 Å². The first-order valence-electron chi connectivity index (χ1n) is 8.02. The molecule has 4 nitrogen and oxygen atoms in total. The number of aromatic nitrogens is 2. The molecule has 5 heteroatoms. The molecule has 4 aromatic rings. The molecular weight excluding hydrogens is 504 g/mol. The fraction of sp³-hybridized carbons (Fsp3) is 0.143. The van der Waals surface area contributed by atoms with Crippen LogP contribution in [0, 0.1) is 13.0 Å². The molecule has 0 saturated heterocycles. The smallest absolute Gasteiger partial charge is 0.155 e. The molecule has 0 bridgehead atoms. The summed E-state index contributed by atoms with van der Waals surface area (Å²) in [5.74, 6) is -0.0625. The second-order valence-corrected chi connectivity index (χ2v) is 5.95. The van der Waals surface area contributed by atoms with Crippen LogP contribution in [0.4, 0.5) is 0 Å². The van der Waals surface area contributed by atoms with Gasteiger partial charge in [0.15, 0.2) is 5.78 Å². The molecule has 0 spiro atoms. The summed E-state index contributed by atoms with van der Waals surface area (Å²) in [4.78, 5) is 14.6. The molecule has 26 heavy (non-hydrogen) atoms. The second-order valence-electron chi connectivity index (χ2n) is 5.95. The molecule has 4 rings (SSSR count). The Kier molecular flexibility index (Phi) is 6.30. The van der Waals surface area contributed by atoms with Gasteiger partial charge in [-0.05, 0) is 32.2 Å². The van der Waals surface area contributed by atoms with E-state index in [4.69, 9.17) is 5.11 Å². The first kappa shape index (κ1) is 19.8. The number of nitrogens with zero attached hydrogens (tertiary/aromatic N) is 2. The number of allylic oxidation sites excluding steroid dienone is 2. The number of hydrogen-bond donors (Lipinski definition) is 1. The maximum atomic E-state index is 10.0. The molecule has 0 aliphatic carbocycles. The quantitative estimate of drug-likeness (QED) is 0.169. The van der Waals surface area contributed by atoms with Crippen LogP contribution in [-0.4, -0.2) is 20.3 Å². The van der Waals surface area contributed by atoms with Gasteiger partial charge in [-0.1, -0.05) is 23.6 Å². The average Bonchev–Trinajstić information content (AvgIpc) is 2.96. The summed E-state index contributed by atoms with van der Waals surface area (Å²) in [7, 11) is 0. The SMILES string of the molecule is CC(=O)/C=C(/C)O.Cc1cn2c3ccccc3c3ccc[c-]c3c2n1.[Ir]. The zero-order valence-electron chi connectivity index (χ0n) is 14.8. The van der Waals surface area contributed by atoms with E-state index in [-0.39, 0.29) is 31.6 Å². The third kappa shape index (κ3) is 4.01. The van der Waals surface area contributed by atoms with Crippen molar-refractivity contribution in [1.82, 2.24) is 9.38 Å². The summed E-state index contributed by atoms with van der Waals surface area (Å²) in [6, 6.07) is 17.9. The Labute approximate surface area is 165 Å². The molecule has 2 aromatic heterocycles. The summed E-state index contributed by atoms with van der Waals surface area (Å²) in [6.07, 6.45) is 3.25. The Morgan fingerprint density at radius 3 is 2.50 bits per heavy atom. The van der Waals surface area contributed by atoms with Crippen molar-refractivity contribution in [3.8, 4) is 0 Å². The van der Waals surface area contributed by atoms with Crippen molar-refractivity contribution in [2.45, 2.75) is 20.8 Å². The molecule has 1 radical (unpaired) electrons. The van der Waals surface area contributed by atoms with E-state index in [1.165, 1.54) is 36.2 Å². The van der Waals surface area contributed by atoms with Gasteiger partial charge < -0.3 is 9.51 Å². The number of aliphatic hydroxyl groups is 1. The number of carbonyl (C=O) groups excluding carboxylic acids is 1. The Morgan fingerprint density at radius 2 is 1.85 bits per heavy atom. The van der Waals surface area contributed by atoms with Crippen molar-refractivity contribution in [2.75, 3.05) is 0 Å². The second kappa shape index (κ2) is 8.26. The zero-order valence-corrected chi connectivity index (χ0v) is 17.2. The van der Waals surface area contributed by atoms with E-state index in [0.717, 1.165) is 16.7 Å². The van der Waals surface area contributed by atoms with Crippen LogP contribution in [0.5, 0.6) is 0 Å². The number of carbonyl (C=O) groups is 1. The van der Waals surface area contributed by atoms with Gasteiger partial charge >= 0.3 is 0 Å². The summed E-state index contributed by atoms with van der Waals surface area (Å²) in [6.45, 7) is 4.87. The number of fused-ring (bicyclic) bond motifs is 6. The Hall–Kier alpha value is -2.49. The van der Waals surface area contributed by atoms with Gasteiger partial charge in [0.1, 0.15) is 0 Å². The number of benzene rings is 2. The van der Waals surface area contributed by atoms with Crippen molar-refractivity contribution in [3.05, 3.63) is 72.3 Å². The van der Waals surface area contributed by atoms with Gasteiger partial charge in [-0.15, -0.1) is 29.7 Å². The number of ketones is 1. The third-order valence-corrected chi connectivity index (χ3v) is 3.77. The standard InChI is InChI=1S/C16H11N2.C5H8O2.Ir/c1-11-10-18-15-9-5-4-7-13(15)12-6-2-3-8-14(12)16(18)17-11;1-4(6)3-5(2)7;/h2-7,9-10H,1H3;3,6H,1-2H3;/q-1;;/b;4-3-;. The number of aliphatic hydroxyl groups excluding tert-OH is 1. The number of pyridine rings is 1. The number of aryl methyl sites for hydroxylation is 1. The van der Waals surface area contributed by atoms with Crippen LogP contribution in [0.15, 0.2) is 60.5 Å². The molecular formula is C21H19IrN2O2-. The van der Waals surface area contributed by atoms with Crippen LogP contribution in [0.25, 0.3) is 27.3 Å². The van der Waals surface area contributed by atoms with Crippen molar-refractivity contribution in [3.63, 3.8) is 0 Å². The Balaban J connectivity index is 0.000000265. The van der Waals surface area contributed by atoms with Gasteiger partial charge in [0.05, 0.1) is 11.4 Å². The summed E-state index contributed by atoms with van der Waals surface area (Å²) < 4.78 is 2.16. The first-order valence-corrected chi connectivity index (χ1v) is 8.02. The summed E-state index contributed by atoms with van der Waals surface area (Å²) in [5, 5.41) is 11.9. The van der Waals surface area contributed by atoms with Gasteiger partial charge in [-0.3, -0.25) is 9.78 Å². The number of para-hydroxylation sites is 1. The fourth-order valence-electron chi connectivity index (χ4n) is 2.91. The van der Waals surface area contributed by atoms with E-state index >= 15 is 0 Å². The molecule has 2 aromatic carbocycles. The van der Waals surface area contributed by atoms with Crippen LogP contribution in [-0.2, 0) is 24.9 Å². The topological polar surface area (TPSA) is 54.6 Å². The molecule has 1 N–H and O–H groups in total. The molecule has 0 aliphatic heterocycles. The predicted molar refractivity (Wildman–Crippen MR) is 101 cm³/mol. The largest absolute Gasteiger partial charge is 0.512 e. The minimum Gasteiger partial charge on any atom is -0.512 e. The molecule has 0 atom stereocenters. The fourth-order valence-corrected chi connectivity index (χ4v) is 2.91. The number of imidazole rings is 1. The van der Waals surface area contributed by atoms with E-state index in [2.05, 4.69) is 52.0 Å². The van der Waals surface area contributed by atoms with Crippen LogP contribution in [0.3, 0.4) is 0 Å². The molecule has 0 saturated carbocycles. The van der Waals surface area contributed by atoms with Crippen molar-refractivity contribution in [2.24, 2.45) is 0 Å². The third-order valence-electron chi connectivity index (χ3n) is 3.77. The Morgan fingerprint density at radius 1 is 1.15 bits per heavy atom. The van der Waals surface area contributed by atoms with Gasteiger partial charge in [0.2, 0.25) is 0 Å². The average molecular weight is 524 g/mol. The summed E-state index contributed by atoms with van der Waals surface area (Å²) in [5.41, 5.74) is 3.21. The maximum absolute atomic E-state index is 10.0. The monoisotopic (exact) mass is 524 g/mol. The molecule has 0 aliphatic rings. The number of rotatable bonds is 1. The Bertz CT molecular complexity index is 1040. The van der Waals surface area contributed by atoms with E-state index in [1.54, 1.807) is 0 Å². The molecule has 0 unspecified atom stereocenters. The van der Waals surface area contributed by atoms with Gasteiger partial charge in [-0.25, -0.2) is 0 Å². The van der Waals surface area contributed by atoms with Gasteiger partial charge in [0.25, 0.3) is 0 Å². The molecule has 0 fully saturated rings. The predicted octanol–water partition coefficient (Wildman–Crippen LogP) is 4.78. The van der Waals surface area contributed by atoms with E-state index < -0.39 is 0 Å².